The largest absolute Gasteiger partial charge is 0.496 e. The molecule has 23 heavy (non-hydrogen) atoms. The van der Waals surface area contributed by atoms with E-state index in [0.717, 1.165) is 5.56 Å². The van der Waals surface area contributed by atoms with Crippen molar-refractivity contribution in [1.29, 1.82) is 0 Å². The number of nitrogens with one attached hydrogen (secondary N) is 1. The lowest BCUT2D eigenvalue weighted by molar-refractivity contribution is -0.120. The number of hydrogen-bond donors (Lipinski definition) is 1. The molecule has 1 N–H and O–H groups in total. The molecular weight excluding hydrogens is 314 g/mol. The number of ketones is 1. The molecule has 0 aliphatic heterocycles. The van der Waals surface area contributed by atoms with Crippen molar-refractivity contribution in [2.45, 2.75) is 19.9 Å². The van der Waals surface area contributed by atoms with Crippen LogP contribution < -0.4 is 10.1 Å². The van der Waals surface area contributed by atoms with Gasteiger partial charge in [0.2, 0.25) is 5.91 Å². The van der Waals surface area contributed by atoms with Crippen molar-refractivity contribution in [2.75, 3.05) is 7.11 Å². The highest BCUT2D eigenvalue weighted by molar-refractivity contribution is 6.30. The molecule has 0 saturated carbocycles. The second-order valence-corrected chi connectivity index (χ2v) is 5.60. The zero-order valence-electron chi connectivity index (χ0n) is 13.1. The molecule has 2 aromatic carbocycles. The summed E-state index contributed by atoms with van der Waals surface area (Å²) in [4.78, 5) is 23.6. The zero-order chi connectivity index (χ0) is 16.8. The summed E-state index contributed by atoms with van der Waals surface area (Å²) in [6.45, 7) is 1.91. The van der Waals surface area contributed by atoms with Gasteiger partial charge in [0.05, 0.1) is 13.5 Å². The fourth-order valence-corrected chi connectivity index (χ4v) is 2.30. The summed E-state index contributed by atoms with van der Waals surface area (Å²) in [6.07, 6.45) is 0.151. The van der Waals surface area contributed by atoms with Gasteiger partial charge in [0.25, 0.3) is 0 Å². The van der Waals surface area contributed by atoms with Crippen LogP contribution >= 0.6 is 11.6 Å². The molecule has 120 valence electrons. The summed E-state index contributed by atoms with van der Waals surface area (Å²) < 4.78 is 5.25. The van der Waals surface area contributed by atoms with Crippen LogP contribution in [0.1, 0.15) is 28.4 Å². The van der Waals surface area contributed by atoms with E-state index in [0.29, 0.717) is 28.4 Å². The number of carbonyl (C=O) groups is 2. The molecule has 0 spiro atoms. The van der Waals surface area contributed by atoms with E-state index in [-0.39, 0.29) is 18.1 Å². The van der Waals surface area contributed by atoms with Gasteiger partial charge in [0.1, 0.15) is 5.75 Å². The molecule has 0 heterocycles. The molecule has 0 radical (unpaired) electrons. The molecule has 1 amide bonds. The van der Waals surface area contributed by atoms with Crippen LogP contribution in [0.3, 0.4) is 0 Å². The Labute approximate surface area is 140 Å². The summed E-state index contributed by atoms with van der Waals surface area (Å²) in [5, 5.41) is 3.50. The second-order valence-electron chi connectivity index (χ2n) is 5.16. The Balaban J connectivity index is 2.02. The van der Waals surface area contributed by atoms with E-state index in [1.165, 1.54) is 14.0 Å². The first kappa shape index (κ1) is 17.0. The van der Waals surface area contributed by atoms with Gasteiger partial charge in [-0.3, -0.25) is 9.59 Å². The third kappa shape index (κ3) is 4.83. The Bertz CT molecular complexity index is 711. The van der Waals surface area contributed by atoms with Crippen molar-refractivity contribution in [2.24, 2.45) is 0 Å². The van der Waals surface area contributed by atoms with E-state index in [4.69, 9.17) is 16.3 Å². The Hall–Kier alpha value is -2.33. The molecule has 0 atom stereocenters. The lowest BCUT2D eigenvalue weighted by Gasteiger charge is -2.10. The van der Waals surface area contributed by atoms with Gasteiger partial charge in [0.15, 0.2) is 5.78 Å². The Morgan fingerprint density at radius 3 is 2.43 bits per heavy atom. The molecule has 0 aliphatic rings. The topological polar surface area (TPSA) is 55.4 Å². The van der Waals surface area contributed by atoms with Crippen molar-refractivity contribution < 1.29 is 14.3 Å². The van der Waals surface area contributed by atoms with Crippen LogP contribution in [-0.2, 0) is 17.8 Å². The number of rotatable bonds is 6. The van der Waals surface area contributed by atoms with E-state index >= 15 is 0 Å². The number of benzene rings is 2. The van der Waals surface area contributed by atoms with Crippen molar-refractivity contribution in [3.8, 4) is 5.75 Å². The van der Waals surface area contributed by atoms with E-state index in [1.807, 2.05) is 12.1 Å². The standard InChI is InChI=1S/C18H18ClNO3/c1-12(21)14-5-8-17(23-2)15(9-14)10-18(22)20-11-13-3-6-16(19)7-4-13/h3-9H,10-11H2,1-2H3,(H,20,22). The van der Waals surface area contributed by atoms with E-state index in [2.05, 4.69) is 5.32 Å². The molecule has 4 nitrogen and oxygen atoms in total. The zero-order valence-corrected chi connectivity index (χ0v) is 13.8. The molecule has 0 fully saturated rings. The first-order valence-electron chi connectivity index (χ1n) is 7.18. The summed E-state index contributed by atoms with van der Waals surface area (Å²) in [5.74, 6) is 0.408. The van der Waals surface area contributed by atoms with Crippen LogP contribution in [0.4, 0.5) is 0 Å². The normalized spacial score (nSPS) is 10.2. The molecule has 0 bridgehead atoms. The predicted molar refractivity (Wildman–Crippen MR) is 90.0 cm³/mol. The van der Waals surface area contributed by atoms with Crippen molar-refractivity contribution >= 4 is 23.3 Å². The molecule has 2 rings (SSSR count). The predicted octanol–water partition coefficient (Wildman–Crippen LogP) is 3.41. The highest BCUT2D eigenvalue weighted by atomic mass is 35.5. The van der Waals surface area contributed by atoms with E-state index in [9.17, 15) is 9.59 Å². The van der Waals surface area contributed by atoms with Crippen LogP contribution in [0, 0.1) is 0 Å². The molecule has 2 aromatic rings. The minimum Gasteiger partial charge on any atom is -0.496 e. The quantitative estimate of drug-likeness (QED) is 0.825. The summed E-state index contributed by atoms with van der Waals surface area (Å²) in [7, 11) is 1.54. The van der Waals surface area contributed by atoms with Crippen LogP contribution in [0.15, 0.2) is 42.5 Å². The van der Waals surface area contributed by atoms with E-state index < -0.39 is 0 Å². The number of ether oxygens (including phenoxy) is 1. The molecule has 0 aliphatic carbocycles. The number of carbonyl (C=O) groups excluding carboxylic acids is 2. The van der Waals surface area contributed by atoms with Crippen molar-refractivity contribution in [3.63, 3.8) is 0 Å². The first-order valence-corrected chi connectivity index (χ1v) is 7.56. The molecule has 0 saturated heterocycles. The number of hydrogen-bond acceptors (Lipinski definition) is 3. The third-order valence-electron chi connectivity index (χ3n) is 3.44. The van der Waals surface area contributed by atoms with Gasteiger partial charge in [0, 0.05) is 22.7 Å². The number of amides is 1. The van der Waals surface area contributed by atoms with Gasteiger partial charge in [-0.25, -0.2) is 0 Å². The Kier molecular flexibility index (Phi) is 5.77. The summed E-state index contributed by atoms with van der Waals surface area (Å²) in [6, 6.07) is 12.4. The molecule has 0 unspecified atom stereocenters. The third-order valence-corrected chi connectivity index (χ3v) is 3.69. The van der Waals surface area contributed by atoms with Crippen LogP contribution in [0.25, 0.3) is 0 Å². The van der Waals surface area contributed by atoms with Gasteiger partial charge in [-0.1, -0.05) is 23.7 Å². The molecular formula is C18H18ClNO3. The average molecular weight is 332 g/mol. The molecule has 5 heteroatoms. The first-order chi connectivity index (χ1) is 11.0. The van der Waals surface area contributed by atoms with Gasteiger partial charge in [-0.05, 0) is 42.8 Å². The van der Waals surface area contributed by atoms with Crippen LogP contribution in [0.2, 0.25) is 5.02 Å². The average Bonchev–Trinajstić information content (AvgIpc) is 2.54. The fourth-order valence-electron chi connectivity index (χ4n) is 2.17. The van der Waals surface area contributed by atoms with E-state index in [1.54, 1.807) is 30.3 Å². The van der Waals surface area contributed by atoms with Crippen molar-refractivity contribution in [1.82, 2.24) is 5.32 Å². The Morgan fingerprint density at radius 2 is 1.83 bits per heavy atom. The van der Waals surface area contributed by atoms with Gasteiger partial charge in [-0.2, -0.15) is 0 Å². The summed E-state index contributed by atoms with van der Waals surface area (Å²) >= 11 is 5.83. The second kappa shape index (κ2) is 7.79. The lowest BCUT2D eigenvalue weighted by atomic mass is 10.0. The van der Waals surface area contributed by atoms with Crippen LogP contribution in [-0.4, -0.2) is 18.8 Å². The lowest BCUT2D eigenvalue weighted by Crippen LogP contribution is -2.24. The SMILES string of the molecule is COc1ccc(C(C)=O)cc1CC(=O)NCc1ccc(Cl)cc1. The number of methoxy groups -OCH3 is 1. The maximum atomic E-state index is 12.1. The van der Waals surface area contributed by atoms with Gasteiger partial charge >= 0.3 is 0 Å². The van der Waals surface area contributed by atoms with Crippen LogP contribution in [0.5, 0.6) is 5.75 Å². The Morgan fingerprint density at radius 1 is 1.13 bits per heavy atom. The minimum atomic E-state index is -0.140. The summed E-state index contributed by atoms with van der Waals surface area (Å²) in [5.41, 5.74) is 2.22. The van der Waals surface area contributed by atoms with Gasteiger partial charge in [-0.15, -0.1) is 0 Å². The number of halogens is 1. The highest BCUT2D eigenvalue weighted by Gasteiger charge is 2.11. The highest BCUT2D eigenvalue weighted by Crippen LogP contribution is 2.21. The van der Waals surface area contributed by atoms with Crippen molar-refractivity contribution in [3.05, 3.63) is 64.2 Å². The fraction of sp³-hybridized carbons (Fsp3) is 0.222. The smallest absolute Gasteiger partial charge is 0.224 e. The molecule has 0 aromatic heterocycles. The maximum absolute atomic E-state index is 12.1. The monoisotopic (exact) mass is 331 g/mol. The maximum Gasteiger partial charge on any atom is 0.224 e. The minimum absolute atomic E-state index is 0.0459. The van der Waals surface area contributed by atoms with Gasteiger partial charge < -0.3 is 10.1 Å². The number of Topliss-reactive ketones (excluding diaryl/α,β-unsaturated/α-hetero) is 1.